The molecule has 0 aliphatic rings. The Morgan fingerprint density at radius 3 is 2.65 bits per heavy atom. The zero-order chi connectivity index (χ0) is 13.9. The first-order valence-corrected chi connectivity index (χ1v) is 6.83. The molecule has 0 aliphatic heterocycles. The van der Waals surface area contributed by atoms with Crippen molar-refractivity contribution in [3.63, 3.8) is 0 Å². The van der Waals surface area contributed by atoms with E-state index in [-0.39, 0.29) is 0 Å². The molecular weight excluding hydrogens is 272 g/mol. The lowest BCUT2D eigenvalue weighted by molar-refractivity contribution is 0.300. The minimum absolute atomic E-state index is 0.607. The SMILES string of the molecule is Nc1ccc(OCCn2ccc3cc(Cl)ccc32)cc1. The van der Waals surface area contributed by atoms with E-state index >= 15 is 0 Å². The monoisotopic (exact) mass is 286 g/mol. The number of rotatable bonds is 4. The van der Waals surface area contributed by atoms with Gasteiger partial charge in [0.1, 0.15) is 12.4 Å². The molecule has 0 amide bonds. The van der Waals surface area contributed by atoms with Crippen molar-refractivity contribution in [3.05, 3.63) is 59.8 Å². The Kier molecular flexibility index (Phi) is 3.52. The van der Waals surface area contributed by atoms with Crippen LogP contribution < -0.4 is 10.5 Å². The van der Waals surface area contributed by atoms with Crippen molar-refractivity contribution < 1.29 is 4.74 Å². The van der Waals surface area contributed by atoms with Gasteiger partial charge in [-0.25, -0.2) is 0 Å². The predicted octanol–water partition coefficient (Wildman–Crippen LogP) is 3.96. The maximum Gasteiger partial charge on any atom is 0.119 e. The Balaban J connectivity index is 1.66. The topological polar surface area (TPSA) is 40.2 Å². The number of nitrogen functional groups attached to an aromatic ring is 1. The van der Waals surface area contributed by atoms with Gasteiger partial charge in [0.2, 0.25) is 0 Å². The van der Waals surface area contributed by atoms with Crippen LogP contribution in [0.1, 0.15) is 0 Å². The number of benzene rings is 2. The molecule has 0 bridgehead atoms. The Labute approximate surface area is 122 Å². The molecule has 1 aromatic heterocycles. The summed E-state index contributed by atoms with van der Waals surface area (Å²) in [6, 6.07) is 15.4. The number of anilines is 1. The van der Waals surface area contributed by atoms with Crippen LogP contribution in [0.15, 0.2) is 54.7 Å². The van der Waals surface area contributed by atoms with Gasteiger partial charge in [-0.15, -0.1) is 0 Å². The first-order chi connectivity index (χ1) is 9.72. The van der Waals surface area contributed by atoms with Crippen LogP contribution in [0.5, 0.6) is 5.75 Å². The second-order valence-electron chi connectivity index (χ2n) is 4.63. The van der Waals surface area contributed by atoms with Gasteiger partial charge in [-0.2, -0.15) is 0 Å². The molecule has 102 valence electrons. The highest BCUT2D eigenvalue weighted by Gasteiger charge is 2.02. The van der Waals surface area contributed by atoms with Gasteiger partial charge in [0.05, 0.1) is 6.54 Å². The number of hydrogen-bond acceptors (Lipinski definition) is 2. The molecule has 0 saturated carbocycles. The van der Waals surface area contributed by atoms with E-state index in [0.717, 1.165) is 33.9 Å². The number of ether oxygens (including phenoxy) is 1. The van der Waals surface area contributed by atoms with E-state index in [1.807, 2.05) is 48.7 Å². The van der Waals surface area contributed by atoms with Crippen LogP contribution in [-0.4, -0.2) is 11.2 Å². The average molecular weight is 287 g/mol. The zero-order valence-electron chi connectivity index (χ0n) is 10.9. The molecule has 4 heteroatoms. The standard InChI is InChI=1S/C16H15ClN2O/c17-13-1-6-16-12(11-13)7-8-19(16)9-10-20-15-4-2-14(18)3-5-15/h1-8,11H,9-10,18H2. The van der Waals surface area contributed by atoms with E-state index in [1.54, 1.807) is 0 Å². The van der Waals surface area contributed by atoms with Gasteiger partial charge < -0.3 is 15.0 Å². The van der Waals surface area contributed by atoms with Gasteiger partial charge >= 0.3 is 0 Å². The molecule has 1 heterocycles. The first-order valence-electron chi connectivity index (χ1n) is 6.45. The summed E-state index contributed by atoms with van der Waals surface area (Å²) >= 11 is 5.98. The largest absolute Gasteiger partial charge is 0.492 e. The fourth-order valence-electron chi connectivity index (χ4n) is 2.19. The number of nitrogens with zero attached hydrogens (tertiary/aromatic N) is 1. The maximum absolute atomic E-state index is 5.98. The molecular formula is C16H15ClN2O. The van der Waals surface area contributed by atoms with E-state index in [0.29, 0.717) is 6.61 Å². The predicted molar refractivity (Wildman–Crippen MR) is 83.3 cm³/mol. The van der Waals surface area contributed by atoms with Crippen LogP contribution in [0.4, 0.5) is 5.69 Å². The van der Waals surface area contributed by atoms with Crippen LogP contribution in [-0.2, 0) is 6.54 Å². The second-order valence-corrected chi connectivity index (χ2v) is 5.07. The minimum atomic E-state index is 0.607. The lowest BCUT2D eigenvalue weighted by atomic mass is 10.2. The molecule has 0 fully saturated rings. The van der Waals surface area contributed by atoms with Gasteiger partial charge in [0, 0.05) is 27.8 Å². The molecule has 3 rings (SSSR count). The fraction of sp³-hybridized carbons (Fsp3) is 0.125. The summed E-state index contributed by atoms with van der Waals surface area (Å²) in [5, 5.41) is 1.90. The highest BCUT2D eigenvalue weighted by Crippen LogP contribution is 2.20. The average Bonchev–Trinajstić information content (AvgIpc) is 2.83. The smallest absolute Gasteiger partial charge is 0.119 e. The third kappa shape index (κ3) is 2.73. The van der Waals surface area contributed by atoms with Crippen molar-refractivity contribution in [1.82, 2.24) is 4.57 Å². The number of halogens is 1. The highest BCUT2D eigenvalue weighted by atomic mass is 35.5. The van der Waals surface area contributed by atoms with Crippen LogP contribution in [0.25, 0.3) is 10.9 Å². The van der Waals surface area contributed by atoms with Crippen molar-refractivity contribution in [2.24, 2.45) is 0 Å². The summed E-state index contributed by atoms with van der Waals surface area (Å²) in [4.78, 5) is 0. The molecule has 0 unspecified atom stereocenters. The summed E-state index contributed by atoms with van der Waals surface area (Å²) in [5.74, 6) is 0.832. The minimum Gasteiger partial charge on any atom is -0.492 e. The van der Waals surface area contributed by atoms with Crippen LogP contribution in [0, 0.1) is 0 Å². The van der Waals surface area contributed by atoms with Crippen LogP contribution in [0.3, 0.4) is 0 Å². The normalized spacial score (nSPS) is 10.8. The summed E-state index contributed by atoms with van der Waals surface area (Å²) in [6.07, 6.45) is 2.05. The summed E-state index contributed by atoms with van der Waals surface area (Å²) in [7, 11) is 0. The molecule has 0 atom stereocenters. The summed E-state index contributed by atoms with van der Waals surface area (Å²) < 4.78 is 7.86. The van der Waals surface area contributed by atoms with E-state index in [1.165, 1.54) is 0 Å². The molecule has 0 radical (unpaired) electrons. The van der Waals surface area contributed by atoms with Gasteiger partial charge in [-0.05, 0) is 48.5 Å². The van der Waals surface area contributed by atoms with E-state index in [2.05, 4.69) is 10.6 Å². The van der Waals surface area contributed by atoms with Crippen LogP contribution >= 0.6 is 11.6 Å². The van der Waals surface area contributed by atoms with Gasteiger partial charge in [0.25, 0.3) is 0 Å². The van der Waals surface area contributed by atoms with Crippen molar-refractivity contribution in [2.75, 3.05) is 12.3 Å². The number of hydrogen-bond donors (Lipinski definition) is 1. The number of fused-ring (bicyclic) bond motifs is 1. The molecule has 2 N–H and O–H groups in total. The fourth-order valence-corrected chi connectivity index (χ4v) is 2.37. The van der Waals surface area contributed by atoms with Crippen molar-refractivity contribution in [1.29, 1.82) is 0 Å². The van der Waals surface area contributed by atoms with Crippen molar-refractivity contribution >= 4 is 28.2 Å². The molecule has 0 spiro atoms. The first kappa shape index (κ1) is 12.9. The third-order valence-electron chi connectivity index (χ3n) is 3.21. The molecule has 3 aromatic rings. The lowest BCUT2D eigenvalue weighted by Gasteiger charge is -2.08. The van der Waals surface area contributed by atoms with E-state index in [4.69, 9.17) is 22.1 Å². The third-order valence-corrected chi connectivity index (χ3v) is 3.45. The Morgan fingerprint density at radius 2 is 1.85 bits per heavy atom. The molecule has 3 nitrogen and oxygen atoms in total. The zero-order valence-corrected chi connectivity index (χ0v) is 11.7. The molecule has 2 aromatic carbocycles. The Hall–Kier alpha value is -2.13. The van der Waals surface area contributed by atoms with E-state index < -0.39 is 0 Å². The Bertz CT molecular complexity index is 719. The Morgan fingerprint density at radius 1 is 1.05 bits per heavy atom. The summed E-state index contributed by atoms with van der Waals surface area (Å²) in [6.45, 7) is 1.39. The van der Waals surface area contributed by atoms with Gasteiger partial charge in [0.15, 0.2) is 0 Å². The lowest BCUT2D eigenvalue weighted by Crippen LogP contribution is -2.07. The molecule has 0 saturated heterocycles. The summed E-state index contributed by atoms with van der Waals surface area (Å²) in [5.41, 5.74) is 7.54. The number of nitrogens with two attached hydrogens (primary N) is 1. The molecule has 0 aliphatic carbocycles. The molecule has 20 heavy (non-hydrogen) atoms. The van der Waals surface area contributed by atoms with Crippen molar-refractivity contribution in [3.8, 4) is 5.75 Å². The van der Waals surface area contributed by atoms with Gasteiger partial charge in [-0.3, -0.25) is 0 Å². The van der Waals surface area contributed by atoms with Crippen molar-refractivity contribution in [2.45, 2.75) is 6.54 Å². The van der Waals surface area contributed by atoms with E-state index in [9.17, 15) is 0 Å². The number of aromatic nitrogens is 1. The van der Waals surface area contributed by atoms with Crippen LogP contribution in [0.2, 0.25) is 5.02 Å². The highest BCUT2D eigenvalue weighted by molar-refractivity contribution is 6.31. The van der Waals surface area contributed by atoms with Gasteiger partial charge in [-0.1, -0.05) is 11.6 Å². The quantitative estimate of drug-likeness (QED) is 0.738. The maximum atomic E-state index is 5.98. The second kappa shape index (κ2) is 5.47.